The van der Waals surface area contributed by atoms with E-state index in [1.165, 1.54) is 35.1 Å². The second kappa shape index (κ2) is 10.6. The van der Waals surface area contributed by atoms with Crippen molar-refractivity contribution in [1.29, 1.82) is 0 Å². The van der Waals surface area contributed by atoms with E-state index in [9.17, 15) is 45.2 Å². The van der Waals surface area contributed by atoms with Gasteiger partial charge in [-0.05, 0) is 48.7 Å². The molecule has 4 rings (SSSR count). The predicted molar refractivity (Wildman–Crippen MR) is 131 cm³/mol. The summed E-state index contributed by atoms with van der Waals surface area (Å²) in [5.41, 5.74) is -0.976. The topological polar surface area (TPSA) is 162 Å². The average molecular weight is 603 g/mol. The lowest BCUT2D eigenvalue weighted by molar-refractivity contribution is -0.187. The number of benzene rings is 2. The zero-order chi connectivity index (χ0) is 30.3. The fraction of sp³-hybridized carbons (Fsp3) is 0.333. The third-order valence-electron chi connectivity index (χ3n) is 6.66. The van der Waals surface area contributed by atoms with E-state index in [1.54, 1.807) is 0 Å². The van der Waals surface area contributed by atoms with Gasteiger partial charge in [0.1, 0.15) is 18.4 Å². The lowest BCUT2D eigenvalue weighted by atomic mass is 9.94. The number of nitrogens with zero attached hydrogens (tertiary/aromatic N) is 2. The first-order valence-electron chi connectivity index (χ1n) is 11.9. The number of halogens is 4. The molecule has 1 aliphatic carbocycles. The van der Waals surface area contributed by atoms with E-state index in [0.717, 1.165) is 19.1 Å². The molecule has 1 heterocycles. The highest BCUT2D eigenvalue weighted by molar-refractivity contribution is 7.84. The van der Waals surface area contributed by atoms with Crippen molar-refractivity contribution >= 4 is 39.9 Å². The summed E-state index contributed by atoms with van der Waals surface area (Å²) in [6.45, 7) is -0.889. The highest BCUT2D eigenvalue weighted by Gasteiger charge is 2.58. The number of amides is 5. The Morgan fingerprint density at radius 2 is 1.83 bits per heavy atom. The zero-order valence-electron chi connectivity index (χ0n) is 21.1. The van der Waals surface area contributed by atoms with Crippen LogP contribution in [0.5, 0.6) is 0 Å². The number of urea groups is 1. The molecule has 1 fully saturated rings. The van der Waals surface area contributed by atoms with Gasteiger partial charge in [-0.2, -0.15) is 21.6 Å². The Hall–Kier alpha value is -4.25. The first-order chi connectivity index (χ1) is 19.0. The molecular formula is C24H22F4N4O8S. The number of nitrogens with one attached hydrogen (secondary N) is 2. The van der Waals surface area contributed by atoms with Crippen molar-refractivity contribution in [2.45, 2.75) is 44.1 Å². The Morgan fingerprint density at radius 1 is 1.17 bits per heavy atom. The van der Waals surface area contributed by atoms with E-state index in [-0.39, 0.29) is 29.7 Å². The minimum Gasteiger partial charge on any atom is -0.427 e. The highest BCUT2D eigenvalue weighted by atomic mass is 32.2. The average Bonchev–Trinajstić information content (AvgIpc) is 3.33. The van der Waals surface area contributed by atoms with E-state index >= 15 is 0 Å². The fourth-order valence-corrected chi connectivity index (χ4v) is 4.92. The van der Waals surface area contributed by atoms with E-state index in [0.29, 0.717) is 15.4 Å². The summed E-state index contributed by atoms with van der Waals surface area (Å²) in [5, 5.41) is 2.17. The second-order valence-corrected chi connectivity index (χ2v) is 10.5. The maximum atomic E-state index is 13.6. The molecule has 220 valence electrons. The first kappa shape index (κ1) is 29.7. The molecule has 1 spiro atoms. The largest absolute Gasteiger partial charge is 0.427 e. The van der Waals surface area contributed by atoms with E-state index in [1.807, 2.05) is 0 Å². The molecule has 2 atom stereocenters. The maximum absolute atomic E-state index is 13.6. The van der Waals surface area contributed by atoms with Crippen LogP contribution in [0.3, 0.4) is 0 Å². The van der Waals surface area contributed by atoms with E-state index < -0.39 is 71.0 Å². The molecule has 0 aromatic heterocycles. The molecule has 2 aromatic rings. The van der Waals surface area contributed by atoms with Crippen LogP contribution in [-0.2, 0) is 43.2 Å². The summed E-state index contributed by atoms with van der Waals surface area (Å²) in [4.78, 5) is 51.8. The summed E-state index contributed by atoms with van der Waals surface area (Å²) in [6, 6.07) is 4.82. The number of fused-ring (bicyclic) bond motifs is 2. The van der Waals surface area contributed by atoms with Crippen LogP contribution in [0.25, 0.3) is 0 Å². The van der Waals surface area contributed by atoms with Gasteiger partial charge in [0.05, 0.1) is 0 Å². The van der Waals surface area contributed by atoms with Gasteiger partial charge < -0.3 is 15.0 Å². The number of imide groups is 1. The molecule has 5 amide bonds. The van der Waals surface area contributed by atoms with Crippen molar-refractivity contribution in [2.75, 3.05) is 11.9 Å². The summed E-state index contributed by atoms with van der Waals surface area (Å²) in [7, 11) is -4.82. The SMILES string of the molecule is C[C@H](N(Cc1ccc(F)cc1)C(=O)CN1C(=O)O[C@@]2(CCc3cc(NC(=O)NS(=O)(=O)O)ccc32)C1=O)C(F)(F)F. The van der Waals surface area contributed by atoms with Crippen LogP contribution in [0.2, 0.25) is 0 Å². The number of hydrogen-bond acceptors (Lipinski definition) is 7. The molecule has 3 N–H and O–H groups in total. The molecule has 17 heteroatoms. The monoisotopic (exact) mass is 602 g/mol. The molecule has 0 unspecified atom stereocenters. The van der Waals surface area contributed by atoms with Crippen molar-refractivity contribution in [2.24, 2.45) is 0 Å². The van der Waals surface area contributed by atoms with Crippen LogP contribution < -0.4 is 10.0 Å². The third kappa shape index (κ3) is 6.25. The van der Waals surface area contributed by atoms with Crippen molar-refractivity contribution in [1.82, 2.24) is 14.5 Å². The predicted octanol–water partition coefficient (Wildman–Crippen LogP) is 2.85. The summed E-state index contributed by atoms with van der Waals surface area (Å²) in [5.74, 6) is -2.81. The van der Waals surface area contributed by atoms with Gasteiger partial charge in [-0.25, -0.2) is 23.6 Å². The van der Waals surface area contributed by atoms with Gasteiger partial charge in [0.15, 0.2) is 0 Å². The van der Waals surface area contributed by atoms with Crippen LogP contribution in [0, 0.1) is 5.82 Å². The fourth-order valence-electron chi connectivity index (χ4n) is 4.64. The minimum atomic E-state index is -4.85. The molecule has 1 saturated heterocycles. The van der Waals surface area contributed by atoms with Crippen LogP contribution in [0.15, 0.2) is 42.5 Å². The lowest BCUT2D eigenvalue weighted by Gasteiger charge is -2.31. The molecule has 12 nitrogen and oxygen atoms in total. The molecule has 41 heavy (non-hydrogen) atoms. The second-order valence-electron chi connectivity index (χ2n) is 9.36. The van der Waals surface area contributed by atoms with Gasteiger partial charge in [0.25, 0.3) is 5.91 Å². The Bertz CT molecular complexity index is 1520. The molecular weight excluding hydrogens is 580 g/mol. The molecule has 1 aliphatic heterocycles. The number of carbonyl (C=O) groups excluding carboxylic acids is 4. The van der Waals surface area contributed by atoms with Gasteiger partial charge in [0.2, 0.25) is 11.5 Å². The van der Waals surface area contributed by atoms with Crippen molar-refractivity contribution in [3.05, 3.63) is 65.0 Å². The van der Waals surface area contributed by atoms with Gasteiger partial charge in [0, 0.05) is 24.2 Å². The summed E-state index contributed by atoms with van der Waals surface area (Å²) >= 11 is 0. The van der Waals surface area contributed by atoms with Crippen LogP contribution in [0.1, 0.15) is 30.0 Å². The van der Waals surface area contributed by atoms with Crippen LogP contribution >= 0.6 is 0 Å². The van der Waals surface area contributed by atoms with Gasteiger partial charge in [-0.15, -0.1) is 0 Å². The van der Waals surface area contributed by atoms with E-state index in [4.69, 9.17) is 9.29 Å². The number of alkyl halides is 3. The molecule has 0 saturated carbocycles. The number of aryl methyl sites for hydroxylation is 1. The molecule has 0 bridgehead atoms. The van der Waals surface area contributed by atoms with E-state index in [2.05, 4.69) is 5.32 Å². The number of rotatable bonds is 7. The normalized spacial score (nSPS) is 19.1. The number of carbonyl (C=O) groups is 4. The first-order valence-corrected chi connectivity index (χ1v) is 13.3. The van der Waals surface area contributed by atoms with Gasteiger partial charge in [-0.1, -0.05) is 18.2 Å². The highest BCUT2D eigenvalue weighted by Crippen LogP contribution is 2.46. The standard InChI is InChI=1S/C24H22F4N4O8S/c1-13(24(26,27)28)31(11-14-2-4-16(25)5-3-14)19(33)12-32-20(34)23(40-22(32)36)9-8-15-10-17(6-7-18(15)23)29-21(35)30-41(37,38)39/h2-7,10,13H,8-9,11-12H2,1H3,(H2,29,30,35)(H,37,38,39)/t13-,23+/m0/s1. The lowest BCUT2D eigenvalue weighted by Crippen LogP contribution is -2.51. The third-order valence-corrected chi connectivity index (χ3v) is 7.10. The van der Waals surface area contributed by atoms with Crippen LogP contribution in [0.4, 0.5) is 32.8 Å². The molecule has 2 aromatic carbocycles. The smallest absolute Gasteiger partial charge is 0.418 e. The Balaban J connectivity index is 1.54. The summed E-state index contributed by atoms with van der Waals surface area (Å²) in [6.07, 6.45) is -6.02. The quantitative estimate of drug-likeness (QED) is 0.322. The molecule has 0 radical (unpaired) electrons. The van der Waals surface area contributed by atoms with Crippen molar-refractivity contribution in [3.63, 3.8) is 0 Å². The number of hydrogen-bond donors (Lipinski definition) is 3. The van der Waals surface area contributed by atoms with Crippen molar-refractivity contribution < 1.29 is 54.4 Å². The summed E-state index contributed by atoms with van der Waals surface area (Å²) < 4.78 is 91.0. The van der Waals surface area contributed by atoms with Gasteiger partial charge in [-0.3, -0.25) is 14.1 Å². The van der Waals surface area contributed by atoms with Crippen LogP contribution in [-0.4, -0.2) is 65.5 Å². The Morgan fingerprint density at radius 3 is 2.44 bits per heavy atom. The minimum absolute atomic E-state index is 0.0725. The Labute approximate surface area is 230 Å². The number of anilines is 1. The molecule has 2 aliphatic rings. The zero-order valence-corrected chi connectivity index (χ0v) is 21.9. The van der Waals surface area contributed by atoms with Crippen molar-refractivity contribution in [3.8, 4) is 0 Å². The Kier molecular flexibility index (Phi) is 7.70. The number of ether oxygens (including phenoxy) is 1. The van der Waals surface area contributed by atoms with Gasteiger partial charge >= 0.3 is 28.6 Å². The maximum Gasteiger partial charge on any atom is 0.418 e.